The Bertz CT molecular complexity index is 302. The fraction of sp³-hybridized carbons (Fsp3) is 0.667. The second kappa shape index (κ2) is 4.81. The Balaban J connectivity index is 2.37. The minimum absolute atomic E-state index is 0.167. The highest BCUT2D eigenvalue weighted by Gasteiger charge is 2.19. The molecule has 3 heteroatoms. The molecule has 0 aliphatic carbocycles. The third-order valence-electron chi connectivity index (χ3n) is 3.02. The van der Waals surface area contributed by atoms with Crippen LogP contribution in [0.4, 0.5) is 0 Å². The van der Waals surface area contributed by atoms with E-state index in [2.05, 4.69) is 45.1 Å². The summed E-state index contributed by atoms with van der Waals surface area (Å²) in [6, 6.07) is 1.99. The van der Waals surface area contributed by atoms with Crippen LogP contribution in [0.5, 0.6) is 0 Å². The molecule has 0 aromatic carbocycles. The van der Waals surface area contributed by atoms with Crippen molar-refractivity contribution in [2.45, 2.75) is 32.9 Å². The van der Waals surface area contributed by atoms with Crippen LogP contribution in [0.15, 0.2) is 16.7 Å². The Morgan fingerprint density at radius 1 is 1.40 bits per heavy atom. The monoisotopic (exact) mass is 210 g/mol. The van der Waals surface area contributed by atoms with Gasteiger partial charge in [-0.15, -0.1) is 0 Å². The summed E-state index contributed by atoms with van der Waals surface area (Å²) in [6.45, 7) is 8.25. The Labute approximate surface area is 92.5 Å². The smallest absolute Gasteiger partial charge is 0.120 e. The van der Waals surface area contributed by atoms with E-state index >= 15 is 0 Å². The van der Waals surface area contributed by atoms with Gasteiger partial charge in [-0.05, 0) is 46.5 Å². The predicted octanol–water partition coefficient (Wildman–Crippen LogP) is 2.02. The van der Waals surface area contributed by atoms with Gasteiger partial charge >= 0.3 is 0 Å². The molecule has 15 heavy (non-hydrogen) atoms. The molecule has 1 N–H and O–H groups in total. The second-order valence-corrected chi connectivity index (χ2v) is 4.84. The SMILES string of the molecule is Cc1ccoc1CNCC(C)(C)N(C)C. The molecule has 0 saturated carbocycles. The Morgan fingerprint density at radius 2 is 2.07 bits per heavy atom. The number of nitrogens with zero attached hydrogens (tertiary/aromatic N) is 1. The van der Waals surface area contributed by atoms with Gasteiger partial charge in [-0.2, -0.15) is 0 Å². The third kappa shape index (κ3) is 3.36. The van der Waals surface area contributed by atoms with Gasteiger partial charge < -0.3 is 14.6 Å². The summed E-state index contributed by atoms with van der Waals surface area (Å²) in [7, 11) is 4.19. The standard InChI is InChI=1S/C12H22N2O/c1-10-6-7-15-11(10)8-13-9-12(2,3)14(4)5/h6-7,13H,8-9H2,1-5H3. The average Bonchev–Trinajstić information content (AvgIpc) is 2.51. The van der Waals surface area contributed by atoms with Crippen LogP contribution >= 0.6 is 0 Å². The summed E-state index contributed by atoms with van der Waals surface area (Å²) in [5, 5.41) is 3.41. The van der Waals surface area contributed by atoms with Gasteiger partial charge in [0.1, 0.15) is 5.76 Å². The van der Waals surface area contributed by atoms with Crippen LogP contribution in [0.1, 0.15) is 25.2 Å². The number of rotatable bonds is 5. The molecule has 0 unspecified atom stereocenters. The fourth-order valence-electron chi connectivity index (χ4n) is 1.23. The van der Waals surface area contributed by atoms with Gasteiger partial charge in [-0.3, -0.25) is 0 Å². The number of aryl methyl sites for hydroxylation is 1. The molecule has 0 aliphatic heterocycles. The molecule has 0 amide bonds. The summed E-state index contributed by atoms with van der Waals surface area (Å²) in [5.41, 5.74) is 1.38. The maximum absolute atomic E-state index is 5.36. The van der Waals surface area contributed by atoms with Crippen molar-refractivity contribution in [1.82, 2.24) is 10.2 Å². The van der Waals surface area contributed by atoms with E-state index in [0.29, 0.717) is 0 Å². The molecule has 0 radical (unpaired) electrons. The summed E-state index contributed by atoms with van der Waals surface area (Å²) >= 11 is 0. The van der Waals surface area contributed by atoms with Gasteiger partial charge in [0.05, 0.1) is 12.8 Å². The van der Waals surface area contributed by atoms with Crippen LogP contribution in [0.3, 0.4) is 0 Å². The van der Waals surface area contributed by atoms with Gasteiger partial charge in [0.15, 0.2) is 0 Å². The van der Waals surface area contributed by atoms with Crippen molar-refractivity contribution in [3.63, 3.8) is 0 Å². The minimum Gasteiger partial charge on any atom is -0.468 e. The lowest BCUT2D eigenvalue weighted by atomic mass is 10.0. The van der Waals surface area contributed by atoms with Crippen LogP contribution in [0, 0.1) is 6.92 Å². The summed E-state index contributed by atoms with van der Waals surface area (Å²) < 4.78 is 5.36. The lowest BCUT2D eigenvalue weighted by Gasteiger charge is -2.32. The van der Waals surface area contributed by atoms with Gasteiger partial charge in [0.25, 0.3) is 0 Å². The van der Waals surface area contributed by atoms with Crippen LogP contribution in [-0.2, 0) is 6.54 Å². The molecular formula is C12H22N2O. The van der Waals surface area contributed by atoms with Crippen molar-refractivity contribution in [3.8, 4) is 0 Å². The first-order chi connectivity index (χ1) is 6.93. The minimum atomic E-state index is 0.167. The van der Waals surface area contributed by atoms with Crippen LogP contribution in [0.2, 0.25) is 0 Å². The molecule has 0 fully saturated rings. The molecule has 3 nitrogen and oxygen atoms in total. The van der Waals surface area contributed by atoms with Crippen molar-refractivity contribution in [2.75, 3.05) is 20.6 Å². The van der Waals surface area contributed by atoms with E-state index in [1.165, 1.54) is 5.56 Å². The first kappa shape index (κ1) is 12.3. The zero-order chi connectivity index (χ0) is 11.5. The number of nitrogens with one attached hydrogen (secondary N) is 1. The fourth-order valence-corrected chi connectivity index (χ4v) is 1.23. The number of hydrogen-bond donors (Lipinski definition) is 1. The van der Waals surface area contributed by atoms with Crippen molar-refractivity contribution in [3.05, 3.63) is 23.7 Å². The second-order valence-electron chi connectivity index (χ2n) is 4.84. The van der Waals surface area contributed by atoms with Gasteiger partial charge in [0.2, 0.25) is 0 Å². The Hall–Kier alpha value is -0.800. The van der Waals surface area contributed by atoms with Crippen LogP contribution < -0.4 is 5.32 Å². The summed E-state index contributed by atoms with van der Waals surface area (Å²) in [6.07, 6.45) is 1.74. The molecular weight excluding hydrogens is 188 g/mol. The van der Waals surface area contributed by atoms with Gasteiger partial charge in [-0.1, -0.05) is 0 Å². The van der Waals surface area contributed by atoms with E-state index in [1.54, 1.807) is 6.26 Å². The van der Waals surface area contributed by atoms with E-state index < -0.39 is 0 Å². The molecule has 1 aromatic rings. The lowest BCUT2D eigenvalue weighted by Crippen LogP contribution is -2.46. The molecule has 0 spiro atoms. The zero-order valence-corrected chi connectivity index (χ0v) is 10.4. The molecule has 86 valence electrons. The van der Waals surface area contributed by atoms with E-state index in [4.69, 9.17) is 4.42 Å². The van der Waals surface area contributed by atoms with Crippen molar-refractivity contribution >= 4 is 0 Å². The van der Waals surface area contributed by atoms with E-state index in [9.17, 15) is 0 Å². The van der Waals surface area contributed by atoms with Crippen LogP contribution in [0.25, 0.3) is 0 Å². The largest absolute Gasteiger partial charge is 0.468 e. The first-order valence-corrected chi connectivity index (χ1v) is 5.34. The van der Waals surface area contributed by atoms with E-state index in [0.717, 1.165) is 18.8 Å². The maximum atomic E-state index is 5.36. The molecule has 0 atom stereocenters. The van der Waals surface area contributed by atoms with Crippen molar-refractivity contribution in [1.29, 1.82) is 0 Å². The zero-order valence-electron chi connectivity index (χ0n) is 10.4. The predicted molar refractivity (Wildman–Crippen MR) is 62.9 cm³/mol. The molecule has 1 heterocycles. The highest BCUT2D eigenvalue weighted by molar-refractivity contribution is 5.14. The van der Waals surface area contributed by atoms with Crippen LogP contribution in [-0.4, -0.2) is 31.1 Å². The topological polar surface area (TPSA) is 28.4 Å². The number of likely N-dealkylation sites (N-methyl/N-ethyl adjacent to an activating group) is 1. The quantitative estimate of drug-likeness (QED) is 0.806. The summed E-state index contributed by atoms with van der Waals surface area (Å²) in [4.78, 5) is 2.22. The molecule has 0 saturated heterocycles. The molecule has 1 rings (SSSR count). The van der Waals surface area contributed by atoms with Crippen molar-refractivity contribution < 1.29 is 4.42 Å². The average molecular weight is 210 g/mol. The normalized spacial score (nSPS) is 12.4. The van der Waals surface area contributed by atoms with Gasteiger partial charge in [0, 0.05) is 12.1 Å². The Morgan fingerprint density at radius 3 is 2.53 bits per heavy atom. The molecule has 0 aliphatic rings. The lowest BCUT2D eigenvalue weighted by molar-refractivity contribution is 0.188. The maximum Gasteiger partial charge on any atom is 0.120 e. The highest BCUT2D eigenvalue weighted by atomic mass is 16.3. The molecule has 1 aromatic heterocycles. The highest BCUT2D eigenvalue weighted by Crippen LogP contribution is 2.10. The van der Waals surface area contributed by atoms with Crippen molar-refractivity contribution in [2.24, 2.45) is 0 Å². The Kier molecular flexibility index (Phi) is 3.94. The van der Waals surface area contributed by atoms with E-state index in [1.807, 2.05) is 6.07 Å². The van der Waals surface area contributed by atoms with Gasteiger partial charge in [-0.25, -0.2) is 0 Å². The third-order valence-corrected chi connectivity index (χ3v) is 3.02. The number of furan rings is 1. The van der Waals surface area contributed by atoms with E-state index in [-0.39, 0.29) is 5.54 Å². The molecule has 0 bridgehead atoms. The first-order valence-electron chi connectivity index (χ1n) is 5.34. The number of hydrogen-bond acceptors (Lipinski definition) is 3. The summed E-state index contributed by atoms with van der Waals surface area (Å²) in [5.74, 6) is 1.03.